The molecule has 0 aromatic rings. The third-order valence-corrected chi connectivity index (χ3v) is 3.47. The second-order valence-electron chi connectivity index (χ2n) is 5.47. The summed E-state index contributed by atoms with van der Waals surface area (Å²) >= 11 is 0. The predicted octanol–water partition coefficient (Wildman–Crippen LogP) is 3.05. The summed E-state index contributed by atoms with van der Waals surface area (Å²) in [5.41, 5.74) is 5.46. The Labute approximate surface area is 121 Å². The molecule has 0 aliphatic heterocycles. The lowest BCUT2D eigenvalue weighted by Gasteiger charge is -2.06. The van der Waals surface area contributed by atoms with E-state index in [-0.39, 0.29) is 0 Å². The molecule has 0 radical (unpaired) electrons. The Balaban J connectivity index is 2.88. The third kappa shape index (κ3) is 17.9. The first-order valence-corrected chi connectivity index (χ1v) is 8.53. The van der Waals surface area contributed by atoms with Crippen LogP contribution < -0.4 is 16.4 Å². The van der Waals surface area contributed by atoms with Crippen LogP contribution in [0, 0.1) is 0 Å². The molecule has 0 aromatic heterocycles. The van der Waals surface area contributed by atoms with Crippen LogP contribution in [-0.4, -0.2) is 32.7 Å². The Morgan fingerprint density at radius 1 is 0.579 bits per heavy atom. The lowest BCUT2D eigenvalue weighted by atomic mass is 10.2. The molecule has 19 heavy (non-hydrogen) atoms. The van der Waals surface area contributed by atoms with Gasteiger partial charge in [0.1, 0.15) is 0 Å². The van der Waals surface area contributed by atoms with Crippen LogP contribution in [0.25, 0.3) is 0 Å². The molecule has 0 spiro atoms. The highest BCUT2D eigenvalue weighted by Gasteiger charge is 1.92. The van der Waals surface area contributed by atoms with Crippen molar-refractivity contribution < 1.29 is 0 Å². The molecule has 0 aliphatic rings. The maximum absolute atomic E-state index is 5.46. The molecule has 0 rings (SSSR count). The largest absolute Gasteiger partial charge is 0.330 e. The normalized spacial score (nSPS) is 11.1. The van der Waals surface area contributed by atoms with Crippen molar-refractivity contribution in [3.05, 3.63) is 0 Å². The van der Waals surface area contributed by atoms with Gasteiger partial charge >= 0.3 is 0 Å². The van der Waals surface area contributed by atoms with Gasteiger partial charge in [0.2, 0.25) is 0 Å². The summed E-state index contributed by atoms with van der Waals surface area (Å²) in [4.78, 5) is 0. The fraction of sp³-hybridized carbons (Fsp3) is 1.00. The second kappa shape index (κ2) is 17.9. The summed E-state index contributed by atoms with van der Waals surface area (Å²) in [6, 6.07) is 0. The van der Waals surface area contributed by atoms with Gasteiger partial charge in [-0.1, -0.05) is 39.0 Å². The molecule has 0 atom stereocenters. The number of rotatable bonds is 16. The monoisotopic (exact) mass is 271 g/mol. The number of nitrogens with one attached hydrogen (secondary N) is 2. The molecule has 4 N–H and O–H groups in total. The molecule has 3 heteroatoms. The van der Waals surface area contributed by atoms with Crippen molar-refractivity contribution in [3.63, 3.8) is 0 Å². The van der Waals surface area contributed by atoms with E-state index >= 15 is 0 Å². The highest BCUT2D eigenvalue weighted by Crippen LogP contribution is 1.98. The molecular weight excluding hydrogens is 234 g/mol. The number of hydrogen-bond acceptors (Lipinski definition) is 3. The first-order chi connectivity index (χ1) is 9.41. The van der Waals surface area contributed by atoms with E-state index in [1.54, 1.807) is 0 Å². The molecule has 3 nitrogen and oxygen atoms in total. The lowest BCUT2D eigenvalue weighted by molar-refractivity contribution is 0.544. The number of unbranched alkanes of at least 4 members (excludes halogenated alkanes) is 7. The minimum Gasteiger partial charge on any atom is -0.330 e. The fourth-order valence-electron chi connectivity index (χ4n) is 2.17. The van der Waals surface area contributed by atoms with Crippen molar-refractivity contribution in [2.75, 3.05) is 32.7 Å². The molecule has 0 saturated carbocycles. The molecule has 0 heterocycles. The summed E-state index contributed by atoms with van der Waals surface area (Å²) in [5, 5.41) is 7.05. The van der Waals surface area contributed by atoms with E-state index in [4.69, 9.17) is 5.73 Å². The molecule has 0 aromatic carbocycles. The van der Waals surface area contributed by atoms with Gasteiger partial charge in [0.05, 0.1) is 0 Å². The average Bonchev–Trinajstić information content (AvgIpc) is 2.43. The molecule has 0 fully saturated rings. The van der Waals surface area contributed by atoms with Crippen LogP contribution in [0.2, 0.25) is 0 Å². The van der Waals surface area contributed by atoms with Gasteiger partial charge in [0.25, 0.3) is 0 Å². The standard InChI is InChI=1S/C16H37N3/c1-2-3-4-8-13-18-15-10-6-11-16-19-14-9-5-7-12-17/h18-19H,2-17H2,1H3. The maximum atomic E-state index is 5.46. The molecule has 0 saturated heterocycles. The summed E-state index contributed by atoms with van der Waals surface area (Å²) in [7, 11) is 0. The van der Waals surface area contributed by atoms with Gasteiger partial charge < -0.3 is 16.4 Å². The quantitative estimate of drug-likeness (QED) is 0.378. The van der Waals surface area contributed by atoms with Gasteiger partial charge in [-0.3, -0.25) is 0 Å². The van der Waals surface area contributed by atoms with Crippen molar-refractivity contribution in [2.24, 2.45) is 5.73 Å². The smallest absolute Gasteiger partial charge is 0.00489 e. The minimum atomic E-state index is 0.839. The molecule has 0 aliphatic carbocycles. The van der Waals surface area contributed by atoms with Crippen LogP contribution in [0.4, 0.5) is 0 Å². The van der Waals surface area contributed by atoms with Crippen molar-refractivity contribution in [1.82, 2.24) is 10.6 Å². The highest BCUT2D eigenvalue weighted by molar-refractivity contribution is 4.53. The van der Waals surface area contributed by atoms with Crippen LogP contribution in [-0.2, 0) is 0 Å². The first kappa shape index (κ1) is 18.9. The van der Waals surface area contributed by atoms with Crippen molar-refractivity contribution in [3.8, 4) is 0 Å². The van der Waals surface area contributed by atoms with Gasteiger partial charge in [-0.25, -0.2) is 0 Å². The van der Waals surface area contributed by atoms with Crippen molar-refractivity contribution >= 4 is 0 Å². The fourth-order valence-corrected chi connectivity index (χ4v) is 2.17. The number of hydrogen-bond donors (Lipinski definition) is 3. The summed E-state index contributed by atoms with van der Waals surface area (Å²) < 4.78 is 0. The van der Waals surface area contributed by atoms with E-state index in [0.29, 0.717) is 0 Å². The molecule has 0 unspecified atom stereocenters. The Hall–Kier alpha value is -0.120. The van der Waals surface area contributed by atoms with Crippen LogP contribution in [0.1, 0.15) is 71.1 Å². The highest BCUT2D eigenvalue weighted by atomic mass is 14.8. The van der Waals surface area contributed by atoms with Crippen LogP contribution in [0.5, 0.6) is 0 Å². The van der Waals surface area contributed by atoms with E-state index in [1.165, 1.54) is 83.8 Å². The van der Waals surface area contributed by atoms with Crippen molar-refractivity contribution in [1.29, 1.82) is 0 Å². The topological polar surface area (TPSA) is 50.1 Å². The number of nitrogens with two attached hydrogens (primary N) is 1. The van der Waals surface area contributed by atoms with Crippen LogP contribution >= 0.6 is 0 Å². The zero-order chi connectivity index (χ0) is 14.0. The summed E-state index contributed by atoms with van der Waals surface area (Å²) in [6.45, 7) is 7.85. The van der Waals surface area contributed by atoms with E-state index in [0.717, 1.165) is 13.1 Å². The predicted molar refractivity (Wildman–Crippen MR) is 86.6 cm³/mol. The van der Waals surface area contributed by atoms with E-state index < -0.39 is 0 Å². The van der Waals surface area contributed by atoms with Crippen LogP contribution in [0.15, 0.2) is 0 Å². The SMILES string of the molecule is CCCCCCNCCCCCNCCCCCN. The van der Waals surface area contributed by atoms with E-state index in [1.807, 2.05) is 0 Å². The van der Waals surface area contributed by atoms with E-state index in [9.17, 15) is 0 Å². The Kier molecular flexibility index (Phi) is 17.8. The Morgan fingerprint density at radius 3 is 1.42 bits per heavy atom. The van der Waals surface area contributed by atoms with Gasteiger partial charge in [0, 0.05) is 0 Å². The van der Waals surface area contributed by atoms with Gasteiger partial charge in [-0.05, 0) is 64.8 Å². The zero-order valence-electron chi connectivity index (χ0n) is 13.2. The van der Waals surface area contributed by atoms with Gasteiger partial charge in [-0.2, -0.15) is 0 Å². The first-order valence-electron chi connectivity index (χ1n) is 8.53. The lowest BCUT2D eigenvalue weighted by Crippen LogP contribution is -2.19. The summed E-state index contributed by atoms with van der Waals surface area (Å²) in [6.07, 6.45) is 13.1. The average molecular weight is 271 g/mol. The van der Waals surface area contributed by atoms with Crippen molar-refractivity contribution in [2.45, 2.75) is 71.1 Å². The van der Waals surface area contributed by atoms with Gasteiger partial charge in [0.15, 0.2) is 0 Å². The molecule has 0 bridgehead atoms. The Bertz CT molecular complexity index is 135. The Morgan fingerprint density at radius 2 is 1.00 bits per heavy atom. The summed E-state index contributed by atoms with van der Waals surface area (Å²) in [5.74, 6) is 0. The molecule has 116 valence electrons. The van der Waals surface area contributed by atoms with E-state index in [2.05, 4.69) is 17.6 Å². The molecular formula is C16H37N3. The third-order valence-electron chi connectivity index (χ3n) is 3.47. The van der Waals surface area contributed by atoms with Gasteiger partial charge in [-0.15, -0.1) is 0 Å². The second-order valence-corrected chi connectivity index (χ2v) is 5.47. The maximum Gasteiger partial charge on any atom is -0.00489 e. The zero-order valence-corrected chi connectivity index (χ0v) is 13.2. The minimum absolute atomic E-state index is 0.839. The van der Waals surface area contributed by atoms with Crippen LogP contribution in [0.3, 0.4) is 0 Å². The molecule has 0 amide bonds.